The smallest absolute Gasteiger partial charge is 0.270 e. The maximum absolute atomic E-state index is 12.9. The molecule has 31 heavy (non-hydrogen) atoms. The Bertz CT molecular complexity index is 1110. The first-order chi connectivity index (χ1) is 15.0. The van der Waals surface area contributed by atoms with Gasteiger partial charge < -0.3 is 14.8 Å². The number of imidazole rings is 1. The van der Waals surface area contributed by atoms with Gasteiger partial charge in [0.2, 0.25) is 0 Å². The lowest BCUT2D eigenvalue weighted by atomic mass is 10.1. The lowest BCUT2D eigenvalue weighted by Crippen LogP contribution is -2.37. The molecule has 1 aromatic carbocycles. The molecule has 4 rings (SSSR count). The van der Waals surface area contributed by atoms with Crippen molar-refractivity contribution in [3.05, 3.63) is 64.6 Å². The summed E-state index contributed by atoms with van der Waals surface area (Å²) in [7, 11) is 0. The van der Waals surface area contributed by atoms with Crippen molar-refractivity contribution in [1.29, 1.82) is 0 Å². The lowest BCUT2D eigenvalue weighted by molar-refractivity contribution is 0.0944. The number of rotatable bonds is 6. The molecular weight excluding hydrogens is 436 g/mol. The highest BCUT2D eigenvalue weighted by Gasteiger charge is 2.23. The average molecular weight is 461 g/mol. The number of aryl methyl sites for hydroxylation is 1. The van der Waals surface area contributed by atoms with Crippen LogP contribution in [0.5, 0.6) is 0 Å². The van der Waals surface area contributed by atoms with Crippen LogP contribution in [-0.2, 0) is 24.0 Å². The number of piperidine rings is 1. The number of pyridine rings is 1. The van der Waals surface area contributed by atoms with E-state index < -0.39 is 11.1 Å². The second-order valence-corrected chi connectivity index (χ2v) is 9.30. The molecule has 0 radical (unpaired) electrons. The topological polar surface area (TPSA) is 86.9 Å². The number of carbonyl (C=O) groups excluding carboxylic acids is 1. The van der Waals surface area contributed by atoms with Crippen LogP contribution in [-0.4, -0.2) is 42.4 Å². The summed E-state index contributed by atoms with van der Waals surface area (Å²) in [5.41, 5.74) is 4.02. The van der Waals surface area contributed by atoms with Gasteiger partial charge in [-0.3, -0.25) is 9.20 Å². The van der Waals surface area contributed by atoms with Gasteiger partial charge in [-0.1, -0.05) is 30.7 Å². The summed E-state index contributed by atoms with van der Waals surface area (Å²) in [6, 6.07) is 11.6. The minimum absolute atomic E-state index is 0.130. The van der Waals surface area contributed by atoms with E-state index in [1.807, 2.05) is 31.2 Å². The fraction of sp³-hybridized carbons (Fsp3) is 0.364. The zero-order valence-corrected chi connectivity index (χ0v) is 18.8. The Labute approximate surface area is 188 Å². The zero-order chi connectivity index (χ0) is 22.0. The Kier molecular flexibility index (Phi) is 6.60. The number of benzene rings is 1. The molecule has 0 bridgehead atoms. The van der Waals surface area contributed by atoms with Crippen LogP contribution in [0, 0.1) is 0 Å². The van der Waals surface area contributed by atoms with Crippen molar-refractivity contribution >= 4 is 39.9 Å². The van der Waals surface area contributed by atoms with Crippen LogP contribution in [0.25, 0.3) is 5.65 Å². The summed E-state index contributed by atoms with van der Waals surface area (Å²) in [5, 5.41) is 3.45. The largest absolute Gasteiger partial charge is 0.371 e. The maximum atomic E-state index is 12.9. The Balaban J connectivity index is 1.40. The Hall–Kier alpha value is -2.42. The minimum atomic E-state index is -1.74. The quantitative estimate of drug-likeness (QED) is 0.548. The molecular formula is C22H25ClN4O3S. The number of nitrogens with zero attached hydrogens (tertiary/aromatic N) is 3. The van der Waals surface area contributed by atoms with Crippen molar-refractivity contribution in [2.75, 3.05) is 18.0 Å². The molecule has 0 saturated carbocycles. The third-order valence-electron chi connectivity index (χ3n) is 5.69. The van der Waals surface area contributed by atoms with Gasteiger partial charge in [0.25, 0.3) is 5.91 Å². The second kappa shape index (κ2) is 9.38. The number of anilines is 1. The fourth-order valence-electron chi connectivity index (χ4n) is 3.96. The van der Waals surface area contributed by atoms with Crippen LogP contribution in [0.4, 0.5) is 5.69 Å². The van der Waals surface area contributed by atoms with Crippen LogP contribution < -0.4 is 10.2 Å². The number of amides is 1. The van der Waals surface area contributed by atoms with E-state index >= 15 is 0 Å². The van der Waals surface area contributed by atoms with E-state index in [-0.39, 0.29) is 11.2 Å². The van der Waals surface area contributed by atoms with Gasteiger partial charge in [-0.2, -0.15) is 0 Å². The lowest BCUT2D eigenvalue weighted by Gasteiger charge is -2.32. The average Bonchev–Trinajstić information content (AvgIpc) is 3.15. The van der Waals surface area contributed by atoms with Crippen molar-refractivity contribution < 1.29 is 13.6 Å². The summed E-state index contributed by atoms with van der Waals surface area (Å²) in [6.07, 6.45) is 3.84. The molecule has 1 amide bonds. The SMILES string of the molecule is CCc1nc2cc(Cl)ccn2c1C(=O)NCc1ccc(N2CCC(S(=O)O)CC2)cc1. The number of halogens is 1. The number of hydrogen-bond acceptors (Lipinski definition) is 4. The Morgan fingerprint density at radius 1 is 1.26 bits per heavy atom. The van der Waals surface area contributed by atoms with Crippen molar-refractivity contribution in [1.82, 2.24) is 14.7 Å². The molecule has 2 N–H and O–H groups in total. The zero-order valence-electron chi connectivity index (χ0n) is 17.3. The highest BCUT2D eigenvalue weighted by atomic mass is 35.5. The van der Waals surface area contributed by atoms with Crippen molar-refractivity contribution in [3.8, 4) is 0 Å². The summed E-state index contributed by atoms with van der Waals surface area (Å²) < 4.78 is 22.3. The van der Waals surface area contributed by atoms with Gasteiger partial charge in [-0.15, -0.1) is 0 Å². The minimum Gasteiger partial charge on any atom is -0.371 e. The third kappa shape index (κ3) is 4.76. The van der Waals surface area contributed by atoms with Gasteiger partial charge >= 0.3 is 0 Å². The molecule has 0 aliphatic carbocycles. The van der Waals surface area contributed by atoms with E-state index in [0.29, 0.717) is 42.2 Å². The second-order valence-electron chi connectivity index (χ2n) is 7.65. The maximum Gasteiger partial charge on any atom is 0.270 e. The molecule has 1 fully saturated rings. The fourth-order valence-corrected chi connectivity index (χ4v) is 4.73. The van der Waals surface area contributed by atoms with Gasteiger partial charge in [-0.25, -0.2) is 9.19 Å². The van der Waals surface area contributed by atoms with Gasteiger partial charge in [0.05, 0.1) is 10.9 Å². The Morgan fingerprint density at radius 3 is 2.61 bits per heavy atom. The molecule has 1 unspecified atom stereocenters. The molecule has 0 spiro atoms. The van der Waals surface area contributed by atoms with E-state index in [1.54, 1.807) is 22.7 Å². The first-order valence-corrected chi connectivity index (χ1v) is 11.9. The van der Waals surface area contributed by atoms with Gasteiger partial charge in [-0.05, 0) is 43.0 Å². The molecule has 1 aliphatic rings. The Morgan fingerprint density at radius 2 is 1.97 bits per heavy atom. The van der Waals surface area contributed by atoms with Crippen LogP contribution in [0.3, 0.4) is 0 Å². The summed E-state index contributed by atoms with van der Waals surface area (Å²) in [5.74, 6) is -0.171. The number of nitrogens with one attached hydrogen (secondary N) is 1. The van der Waals surface area contributed by atoms with E-state index in [1.165, 1.54) is 0 Å². The summed E-state index contributed by atoms with van der Waals surface area (Å²) in [4.78, 5) is 19.6. The van der Waals surface area contributed by atoms with E-state index in [2.05, 4.69) is 15.2 Å². The molecule has 164 valence electrons. The number of aromatic nitrogens is 2. The molecule has 1 saturated heterocycles. The van der Waals surface area contributed by atoms with Crippen LogP contribution in [0.1, 0.15) is 41.5 Å². The normalized spacial score (nSPS) is 15.9. The van der Waals surface area contributed by atoms with Crippen molar-refractivity contribution in [2.24, 2.45) is 0 Å². The van der Waals surface area contributed by atoms with E-state index in [9.17, 15) is 13.6 Å². The molecule has 1 aliphatic heterocycles. The third-order valence-corrected chi connectivity index (χ3v) is 6.97. The first kappa shape index (κ1) is 21.8. The summed E-state index contributed by atoms with van der Waals surface area (Å²) >= 11 is 4.31. The van der Waals surface area contributed by atoms with Crippen molar-refractivity contribution in [3.63, 3.8) is 0 Å². The molecule has 7 nitrogen and oxygen atoms in total. The monoisotopic (exact) mass is 460 g/mol. The van der Waals surface area contributed by atoms with Gasteiger partial charge in [0, 0.05) is 42.6 Å². The van der Waals surface area contributed by atoms with Gasteiger partial charge in [0.1, 0.15) is 11.3 Å². The van der Waals surface area contributed by atoms with Gasteiger partial charge in [0.15, 0.2) is 11.1 Å². The summed E-state index contributed by atoms with van der Waals surface area (Å²) in [6.45, 7) is 3.92. The number of fused-ring (bicyclic) bond motifs is 1. The van der Waals surface area contributed by atoms with E-state index in [4.69, 9.17) is 11.6 Å². The molecule has 2 aromatic heterocycles. The molecule has 9 heteroatoms. The predicted molar refractivity (Wildman–Crippen MR) is 123 cm³/mol. The molecule has 1 atom stereocenters. The standard InChI is InChI=1S/C22H25ClN4O3S/c1-2-19-21(27-12-7-16(23)13-20(27)25-19)22(28)24-14-15-3-5-17(6-4-15)26-10-8-18(9-11-26)31(29)30/h3-7,12-13,18H,2,8-11,14H2,1H3,(H,24,28)(H,29,30). The molecule has 3 aromatic rings. The molecule has 3 heterocycles. The van der Waals surface area contributed by atoms with Crippen molar-refractivity contribution in [2.45, 2.75) is 38.0 Å². The number of carbonyl (C=O) groups is 1. The highest BCUT2D eigenvalue weighted by molar-refractivity contribution is 7.79. The van der Waals surface area contributed by atoms with Crippen LogP contribution in [0.15, 0.2) is 42.6 Å². The van der Waals surface area contributed by atoms with Crippen LogP contribution >= 0.6 is 11.6 Å². The number of hydrogen-bond donors (Lipinski definition) is 2. The van der Waals surface area contributed by atoms with E-state index in [0.717, 1.165) is 30.0 Å². The highest BCUT2D eigenvalue weighted by Crippen LogP contribution is 2.23. The first-order valence-electron chi connectivity index (χ1n) is 10.3. The van der Waals surface area contributed by atoms with Crippen LogP contribution in [0.2, 0.25) is 5.02 Å². The predicted octanol–water partition coefficient (Wildman–Crippen LogP) is 3.67.